The van der Waals surface area contributed by atoms with Gasteiger partial charge in [-0.15, -0.1) is 0 Å². The van der Waals surface area contributed by atoms with E-state index < -0.39 is 53.1 Å². The molecule has 0 amide bonds. The third-order valence-electron chi connectivity index (χ3n) is 3.45. The fraction of sp³-hybridized carbons (Fsp3) is 0.867. The predicted octanol–water partition coefficient (Wildman–Crippen LogP) is 6.19. The first kappa shape index (κ1) is 21.6. The SMILES string of the molecule is C[Si](C)(C)O/C=[C](\[CH]([Si](C)(C)C)[Sn]([CH3])([CH3])[CH3])[Sn]([CH3])([CH3])[CH3]. The first-order chi connectivity index (χ1) is 8.46. The van der Waals surface area contributed by atoms with Crippen LogP contribution in [0.1, 0.15) is 0 Å². The Bertz CT molecular complexity index is 338. The molecule has 0 N–H and O–H groups in total. The van der Waals surface area contributed by atoms with Gasteiger partial charge in [-0.1, -0.05) is 0 Å². The van der Waals surface area contributed by atoms with Gasteiger partial charge in [-0.25, -0.2) is 0 Å². The molecule has 0 aromatic rings. The summed E-state index contributed by atoms with van der Waals surface area (Å²) in [6.07, 6.45) is 2.29. The van der Waals surface area contributed by atoms with Crippen molar-refractivity contribution >= 4 is 53.1 Å². The average molecular weight is 528 g/mol. The minimum atomic E-state index is -2.11. The van der Waals surface area contributed by atoms with Crippen LogP contribution in [0.5, 0.6) is 0 Å². The normalized spacial score (nSPS) is 17.1. The summed E-state index contributed by atoms with van der Waals surface area (Å²) < 4.78 is 9.02. The van der Waals surface area contributed by atoms with Crippen molar-refractivity contribution in [1.29, 1.82) is 0 Å². The van der Waals surface area contributed by atoms with Crippen LogP contribution in [0.15, 0.2) is 9.85 Å². The molecule has 1 atom stereocenters. The zero-order valence-electron chi connectivity index (χ0n) is 16.1. The summed E-state index contributed by atoms with van der Waals surface area (Å²) in [5.41, 5.74) is 0. The molecule has 20 heavy (non-hydrogen) atoms. The van der Waals surface area contributed by atoms with Crippen LogP contribution in [0.2, 0.25) is 72.5 Å². The molecule has 1 unspecified atom stereocenters. The van der Waals surface area contributed by atoms with Crippen LogP contribution in [0.3, 0.4) is 0 Å². The van der Waals surface area contributed by atoms with Crippen LogP contribution in [-0.2, 0) is 4.43 Å². The predicted molar refractivity (Wildman–Crippen MR) is 106 cm³/mol. The van der Waals surface area contributed by atoms with E-state index in [4.69, 9.17) is 4.43 Å². The van der Waals surface area contributed by atoms with Gasteiger partial charge in [0.05, 0.1) is 0 Å². The van der Waals surface area contributed by atoms with E-state index in [1.807, 2.05) is 3.59 Å². The zero-order valence-corrected chi connectivity index (χ0v) is 23.8. The topological polar surface area (TPSA) is 9.23 Å². The molecule has 0 aromatic carbocycles. The van der Waals surface area contributed by atoms with Gasteiger partial charge < -0.3 is 0 Å². The standard InChI is InChI=1S/C9H20OSi2.6CH3.2Sn/c1-11(2,3)9-7-8-10-12(4,5)6;;;;;;;;/h8-9H,1-6H3;6*1H3;;. The monoisotopic (exact) mass is 530 g/mol. The zero-order chi connectivity index (χ0) is 16.6. The van der Waals surface area contributed by atoms with Gasteiger partial charge in [-0.2, -0.15) is 0 Å². The van der Waals surface area contributed by atoms with Gasteiger partial charge in [0, 0.05) is 0 Å². The van der Waals surface area contributed by atoms with Crippen LogP contribution in [-0.4, -0.2) is 53.1 Å². The van der Waals surface area contributed by atoms with Gasteiger partial charge in [0.2, 0.25) is 0 Å². The summed E-state index contributed by atoms with van der Waals surface area (Å²) in [7, 11) is -2.65. The van der Waals surface area contributed by atoms with Crippen molar-refractivity contribution in [2.24, 2.45) is 0 Å². The van der Waals surface area contributed by atoms with E-state index in [1.165, 1.54) is 0 Å². The third-order valence-corrected chi connectivity index (χ3v) is 34.7. The molecule has 0 saturated heterocycles. The molecule has 0 bridgehead atoms. The van der Waals surface area contributed by atoms with E-state index in [0.29, 0.717) is 0 Å². The Morgan fingerprint density at radius 1 is 0.850 bits per heavy atom. The second-order valence-electron chi connectivity index (χ2n) is 10.2. The first-order valence-electron chi connectivity index (χ1n) is 7.84. The van der Waals surface area contributed by atoms with Crippen molar-refractivity contribution in [3.05, 3.63) is 9.85 Å². The van der Waals surface area contributed by atoms with Crippen LogP contribution < -0.4 is 0 Å². The number of rotatable bonds is 6. The van der Waals surface area contributed by atoms with Gasteiger partial charge in [-0.3, -0.25) is 0 Å². The Hall–Kier alpha value is 1.57. The minimum absolute atomic E-state index is 0.934. The van der Waals surface area contributed by atoms with E-state index in [2.05, 4.69) is 75.2 Å². The summed E-state index contributed by atoms with van der Waals surface area (Å²) in [5, 5.41) is 0. The Balaban J connectivity index is 5.84. The van der Waals surface area contributed by atoms with Crippen LogP contribution in [0, 0.1) is 0 Å². The molecule has 5 heteroatoms. The fourth-order valence-electron chi connectivity index (χ4n) is 3.15. The molecule has 0 radical (unpaired) electrons. The second kappa shape index (κ2) is 6.99. The summed E-state index contributed by atoms with van der Waals surface area (Å²) in [5.74, 6) is 0. The Labute approximate surface area is 138 Å². The van der Waals surface area contributed by atoms with Crippen molar-refractivity contribution < 1.29 is 4.43 Å². The van der Waals surface area contributed by atoms with Gasteiger partial charge in [-0.05, 0) is 0 Å². The van der Waals surface area contributed by atoms with Gasteiger partial charge in [0.1, 0.15) is 0 Å². The fourth-order valence-corrected chi connectivity index (χ4v) is 59.5. The summed E-state index contributed by atoms with van der Waals surface area (Å²) in [4.78, 5) is 15.6. The van der Waals surface area contributed by atoms with Crippen molar-refractivity contribution in [3.8, 4) is 0 Å². The summed E-state index contributed by atoms with van der Waals surface area (Å²) in [6.45, 7) is 14.6. The number of allylic oxidation sites excluding steroid dienone is 1. The van der Waals surface area contributed by atoms with E-state index >= 15 is 0 Å². The quantitative estimate of drug-likeness (QED) is 0.296. The van der Waals surface area contributed by atoms with Crippen molar-refractivity contribution in [1.82, 2.24) is 0 Å². The van der Waals surface area contributed by atoms with Crippen molar-refractivity contribution in [2.45, 2.75) is 72.5 Å². The molecule has 0 aliphatic carbocycles. The molecule has 0 aliphatic rings. The Kier molecular flexibility index (Phi) is 7.54. The first-order valence-corrected chi connectivity index (χ1v) is 35.0. The van der Waals surface area contributed by atoms with Crippen LogP contribution in [0.25, 0.3) is 0 Å². The Morgan fingerprint density at radius 2 is 1.25 bits per heavy atom. The molecule has 0 rings (SSSR count). The molecular formula is C15H38OSi2Sn2. The van der Waals surface area contributed by atoms with E-state index in [0.717, 1.165) is 3.56 Å². The maximum absolute atomic E-state index is 6.27. The van der Waals surface area contributed by atoms with Crippen LogP contribution >= 0.6 is 0 Å². The van der Waals surface area contributed by atoms with E-state index in [1.54, 1.807) is 0 Å². The van der Waals surface area contributed by atoms with E-state index in [-0.39, 0.29) is 0 Å². The molecule has 0 aromatic heterocycles. The van der Waals surface area contributed by atoms with Crippen molar-refractivity contribution in [2.75, 3.05) is 0 Å². The molecule has 0 aliphatic heterocycles. The third kappa shape index (κ3) is 7.72. The Morgan fingerprint density at radius 3 is 1.45 bits per heavy atom. The summed E-state index contributed by atoms with van der Waals surface area (Å²) in [6, 6.07) is 0. The van der Waals surface area contributed by atoms with Gasteiger partial charge in [0.15, 0.2) is 0 Å². The van der Waals surface area contributed by atoms with Crippen molar-refractivity contribution in [3.63, 3.8) is 0 Å². The molecule has 0 heterocycles. The van der Waals surface area contributed by atoms with Gasteiger partial charge in [0.25, 0.3) is 0 Å². The van der Waals surface area contributed by atoms with Crippen LogP contribution in [0.4, 0.5) is 0 Å². The molecule has 120 valence electrons. The molecule has 0 spiro atoms. The van der Waals surface area contributed by atoms with E-state index in [9.17, 15) is 0 Å². The second-order valence-corrected chi connectivity index (χ2v) is 51.3. The number of hydrogen-bond acceptors (Lipinski definition) is 1. The average Bonchev–Trinajstić information content (AvgIpc) is 2.03. The summed E-state index contributed by atoms with van der Waals surface area (Å²) >= 11 is -4.11. The number of hydrogen-bond donors (Lipinski definition) is 0. The maximum atomic E-state index is 6.27. The van der Waals surface area contributed by atoms with Gasteiger partial charge >= 0.3 is 140 Å². The molecule has 0 fully saturated rings. The molecule has 1 nitrogen and oxygen atoms in total. The molecule has 0 saturated carbocycles. The molecular weight excluding hydrogens is 490 g/mol.